The molecule has 0 aliphatic heterocycles. The summed E-state index contributed by atoms with van der Waals surface area (Å²) in [6, 6.07) is 10.3. The number of thiophene rings is 1. The van der Waals surface area contributed by atoms with E-state index in [0.717, 1.165) is 21.8 Å². The van der Waals surface area contributed by atoms with Gasteiger partial charge in [-0.1, -0.05) is 18.2 Å². The molecule has 1 amide bonds. The Morgan fingerprint density at radius 3 is 2.55 bits per heavy atom. The fourth-order valence-electron chi connectivity index (χ4n) is 1.70. The number of amides is 1. The molecule has 3 N–H and O–H groups in total. The highest BCUT2D eigenvalue weighted by molar-refractivity contribution is 7.91. The number of aryl methyl sites for hydroxylation is 1. The number of rotatable bonds is 4. The summed E-state index contributed by atoms with van der Waals surface area (Å²) < 4.78 is 22.4. The van der Waals surface area contributed by atoms with Crippen LogP contribution in [0.3, 0.4) is 0 Å². The molecule has 0 fully saturated rings. The number of nitrogens with one attached hydrogen (secondary N) is 1. The summed E-state index contributed by atoms with van der Waals surface area (Å²) in [5.74, 6) is -0.186. The van der Waals surface area contributed by atoms with Crippen molar-refractivity contribution in [2.45, 2.75) is 17.7 Å². The normalized spacial score (nSPS) is 11.3. The SMILES string of the molecule is Cc1ccccc1C(=O)NCc1ccc(S(N)(=O)=O)s1. The van der Waals surface area contributed by atoms with Crippen LogP contribution in [-0.2, 0) is 16.6 Å². The molecule has 7 heteroatoms. The van der Waals surface area contributed by atoms with E-state index in [1.165, 1.54) is 6.07 Å². The van der Waals surface area contributed by atoms with Crippen LogP contribution in [0.15, 0.2) is 40.6 Å². The third-order valence-electron chi connectivity index (χ3n) is 2.73. The van der Waals surface area contributed by atoms with Crippen LogP contribution in [0.4, 0.5) is 0 Å². The van der Waals surface area contributed by atoms with E-state index in [2.05, 4.69) is 5.32 Å². The first-order valence-electron chi connectivity index (χ1n) is 5.83. The van der Waals surface area contributed by atoms with Crippen molar-refractivity contribution in [2.24, 2.45) is 5.14 Å². The van der Waals surface area contributed by atoms with E-state index in [4.69, 9.17) is 5.14 Å². The monoisotopic (exact) mass is 310 g/mol. The zero-order chi connectivity index (χ0) is 14.8. The number of sulfonamides is 1. The van der Waals surface area contributed by atoms with Crippen molar-refractivity contribution in [3.63, 3.8) is 0 Å². The fraction of sp³-hybridized carbons (Fsp3) is 0.154. The Bertz CT molecular complexity index is 736. The fourth-order valence-corrected chi connectivity index (χ4v) is 3.41. The number of carbonyl (C=O) groups excluding carboxylic acids is 1. The molecule has 1 aromatic heterocycles. The molecule has 0 aliphatic rings. The Labute approximate surface area is 121 Å². The maximum absolute atomic E-state index is 12.0. The van der Waals surface area contributed by atoms with Crippen LogP contribution in [0.25, 0.3) is 0 Å². The van der Waals surface area contributed by atoms with Gasteiger partial charge in [-0.2, -0.15) is 0 Å². The molecule has 0 radical (unpaired) electrons. The highest BCUT2D eigenvalue weighted by Crippen LogP contribution is 2.20. The van der Waals surface area contributed by atoms with Gasteiger partial charge in [-0.3, -0.25) is 4.79 Å². The second-order valence-corrected chi connectivity index (χ2v) is 7.22. The topological polar surface area (TPSA) is 89.3 Å². The van der Waals surface area contributed by atoms with Gasteiger partial charge in [0.1, 0.15) is 4.21 Å². The summed E-state index contributed by atoms with van der Waals surface area (Å²) in [5, 5.41) is 7.79. The van der Waals surface area contributed by atoms with Crippen molar-refractivity contribution in [3.8, 4) is 0 Å². The predicted octanol–water partition coefficient (Wildman–Crippen LogP) is 1.63. The lowest BCUT2D eigenvalue weighted by atomic mass is 10.1. The highest BCUT2D eigenvalue weighted by atomic mass is 32.2. The van der Waals surface area contributed by atoms with Gasteiger partial charge in [0.25, 0.3) is 5.91 Å². The molecule has 5 nitrogen and oxygen atoms in total. The third kappa shape index (κ3) is 3.44. The minimum absolute atomic E-state index is 0.0950. The van der Waals surface area contributed by atoms with Crippen LogP contribution in [0.2, 0.25) is 0 Å². The molecule has 0 spiro atoms. The lowest BCUT2D eigenvalue weighted by Gasteiger charge is -2.06. The summed E-state index contributed by atoms with van der Waals surface area (Å²) in [4.78, 5) is 12.7. The Hall–Kier alpha value is -1.70. The molecule has 1 heterocycles. The van der Waals surface area contributed by atoms with E-state index >= 15 is 0 Å². The molecule has 0 aliphatic carbocycles. The molecule has 0 saturated heterocycles. The van der Waals surface area contributed by atoms with Crippen LogP contribution in [0.5, 0.6) is 0 Å². The van der Waals surface area contributed by atoms with E-state index in [1.54, 1.807) is 18.2 Å². The lowest BCUT2D eigenvalue weighted by Crippen LogP contribution is -2.23. The van der Waals surface area contributed by atoms with Gasteiger partial charge in [0.05, 0.1) is 6.54 Å². The number of hydrogen-bond donors (Lipinski definition) is 2. The van der Waals surface area contributed by atoms with Gasteiger partial charge < -0.3 is 5.32 Å². The van der Waals surface area contributed by atoms with Gasteiger partial charge in [0, 0.05) is 10.4 Å². The average molecular weight is 310 g/mol. The summed E-state index contributed by atoms with van der Waals surface area (Å²) in [6.45, 7) is 2.13. The van der Waals surface area contributed by atoms with Gasteiger partial charge in [0.2, 0.25) is 10.0 Å². The van der Waals surface area contributed by atoms with Crippen molar-refractivity contribution < 1.29 is 13.2 Å². The Morgan fingerprint density at radius 2 is 1.95 bits per heavy atom. The quantitative estimate of drug-likeness (QED) is 0.899. The predicted molar refractivity (Wildman–Crippen MR) is 78.0 cm³/mol. The smallest absolute Gasteiger partial charge is 0.251 e. The minimum atomic E-state index is -3.67. The van der Waals surface area contributed by atoms with Crippen molar-refractivity contribution in [3.05, 3.63) is 52.4 Å². The summed E-state index contributed by atoms with van der Waals surface area (Å²) in [5.41, 5.74) is 1.50. The van der Waals surface area contributed by atoms with Gasteiger partial charge in [-0.25, -0.2) is 13.6 Å². The molecule has 0 saturated carbocycles. The van der Waals surface area contributed by atoms with Crippen molar-refractivity contribution >= 4 is 27.3 Å². The molecule has 2 rings (SSSR count). The van der Waals surface area contributed by atoms with Gasteiger partial charge >= 0.3 is 0 Å². The first-order valence-corrected chi connectivity index (χ1v) is 8.19. The van der Waals surface area contributed by atoms with Gasteiger partial charge in [0.15, 0.2) is 0 Å². The lowest BCUT2D eigenvalue weighted by molar-refractivity contribution is 0.0950. The average Bonchev–Trinajstić information content (AvgIpc) is 2.85. The van der Waals surface area contributed by atoms with Crippen molar-refractivity contribution in [1.82, 2.24) is 5.32 Å². The molecule has 0 atom stereocenters. The number of primary sulfonamides is 1. The zero-order valence-electron chi connectivity index (χ0n) is 10.8. The van der Waals surface area contributed by atoms with Gasteiger partial charge in [-0.05, 0) is 30.7 Å². The van der Waals surface area contributed by atoms with E-state index in [1.807, 2.05) is 19.1 Å². The molecular formula is C13H14N2O3S2. The number of carbonyl (C=O) groups is 1. The van der Waals surface area contributed by atoms with Crippen molar-refractivity contribution in [2.75, 3.05) is 0 Å². The standard InChI is InChI=1S/C13H14N2O3S2/c1-9-4-2-3-5-11(9)13(16)15-8-10-6-7-12(19-10)20(14,17)18/h2-7H,8H2,1H3,(H,15,16)(H2,14,17,18). The molecule has 2 aromatic rings. The first kappa shape index (κ1) is 14.7. The zero-order valence-corrected chi connectivity index (χ0v) is 12.4. The second-order valence-electron chi connectivity index (χ2n) is 4.26. The van der Waals surface area contributed by atoms with Crippen LogP contribution < -0.4 is 10.5 Å². The summed E-state index contributed by atoms with van der Waals surface area (Å²) >= 11 is 1.05. The number of benzene rings is 1. The largest absolute Gasteiger partial charge is 0.347 e. The minimum Gasteiger partial charge on any atom is -0.347 e. The van der Waals surface area contributed by atoms with E-state index in [9.17, 15) is 13.2 Å². The molecule has 20 heavy (non-hydrogen) atoms. The number of hydrogen-bond acceptors (Lipinski definition) is 4. The van der Waals surface area contributed by atoms with Gasteiger partial charge in [-0.15, -0.1) is 11.3 Å². The third-order valence-corrected chi connectivity index (χ3v) is 5.25. The van der Waals surface area contributed by atoms with Crippen LogP contribution in [0, 0.1) is 6.92 Å². The second kappa shape index (κ2) is 5.74. The summed E-state index contributed by atoms with van der Waals surface area (Å²) in [7, 11) is -3.67. The van der Waals surface area contributed by atoms with Crippen LogP contribution >= 0.6 is 11.3 Å². The van der Waals surface area contributed by atoms with Crippen LogP contribution in [-0.4, -0.2) is 14.3 Å². The molecule has 0 unspecified atom stereocenters. The molecule has 1 aromatic carbocycles. The first-order chi connectivity index (χ1) is 9.38. The van der Waals surface area contributed by atoms with E-state index in [0.29, 0.717) is 5.56 Å². The van der Waals surface area contributed by atoms with E-state index < -0.39 is 10.0 Å². The Kier molecular flexibility index (Phi) is 4.22. The molecule has 106 valence electrons. The Balaban J connectivity index is 2.04. The maximum atomic E-state index is 12.0. The van der Waals surface area contributed by atoms with Crippen molar-refractivity contribution in [1.29, 1.82) is 0 Å². The van der Waals surface area contributed by atoms with Crippen LogP contribution in [0.1, 0.15) is 20.8 Å². The number of nitrogens with two attached hydrogens (primary N) is 1. The Morgan fingerprint density at radius 1 is 1.25 bits per heavy atom. The maximum Gasteiger partial charge on any atom is 0.251 e. The molecule has 0 bridgehead atoms. The summed E-state index contributed by atoms with van der Waals surface area (Å²) in [6.07, 6.45) is 0. The van der Waals surface area contributed by atoms with E-state index in [-0.39, 0.29) is 16.7 Å². The molecular weight excluding hydrogens is 296 g/mol. The highest BCUT2D eigenvalue weighted by Gasteiger charge is 2.12.